The summed E-state index contributed by atoms with van der Waals surface area (Å²) in [6.45, 7) is 2.65. The number of ether oxygens (including phenoxy) is 1. The van der Waals surface area contributed by atoms with E-state index in [4.69, 9.17) is 4.74 Å². The van der Waals surface area contributed by atoms with Gasteiger partial charge in [-0.15, -0.1) is 0 Å². The lowest BCUT2D eigenvalue weighted by molar-refractivity contribution is 0.102. The number of H-pyrrole nitrogens is 1. The summed E-state index contributed by atoms with van der Waals surface area (Å²) >= 11 is 0. The highest BCUT2D eigenvalue weighted by atomic mass is 16.5. The standard InChI is InChI=1S/C17H17N3O2/c1-2-11-22-15-10-6-5-9-14(15)18-17(21)16-12-7-3-4-8-13(12)19-20-16/h3-10H,2,11H2,1H3,(H,18,21)(H,19,20). The van der Waals surface area contributed by atoms with Crippen LogP contribution in [-0.2, 0) is 0 Å². The second-order valence-electron chi connectivity index (χ2n) is 4.92. The monoisotopic (exact) mass is 295 g/mol. The highest BCUT2D eigenvalue weighted by molar-refractivity contribution is 6.11. The molecule has 2 aromatic carbocycles. The second kappa shape index (κ2) is 6.30. The molecule has 22 heavy (non-hydrogen) atoms. The number of anilines is 1. The van der Waals surface area contributed by atoms with Crippen LogP contribution in [0.15, 0.2) is 48.5 Å². The van der Waals surface area contributed by atoms with E-state index < -0.39 is 0 Å². The predicted molar refractivity (Wildman–Crippen MR) is 86.3 cm³/mol. The van der Waals surface area contributed by atoms with Crippen LogP contribution in [0.3, 0.4) is 0 Å². The van der Waals surface area contributed by atoms with Gasteiger partial charge in [0.05, 0.1) is 17.8 Å². The Labute approximate surface area is 128 Å². The van der Waals surface area contributed by atoms with Gasteiger partial charge in [0.1, 0.15) is 5.75 Å². The van der Waals surface area contributed by atoms with Gasteiger partial charge in [-0.1, -0.05) is 37.3 Å². The number of rotatable bonds is 5. The summed E-state index contributed by atoms with van der Waals surface area (Å²) in [5.74, 6) is 0.405. The summed E-state index contributed by atoms with van der Waals surface area (Å²) < 4.78 is 5.65. The molecule has 3 rings (SSSR count). The van der Waals surface area contributed by atoms with E-state index in [2.05, 4.69) is 15.5 Å². The smallest absolute Gasteiger partial charge is 0.276 e. The van der Waals surface area contributed by atoms with Crippen LogP contribution in [0.5, 0.6) is 5.75 Å². The number of hydrogen-bond donors (Lipinski definition) is 2. The molecule has 0 atom stereocenters. The molecule has 112 valence electrons. The number of hydrogen-bond acceptors (Lipinski definition) is 3. The number of nitrogens with zero attached hydrogens (tertiary/aromatic N) is 1. The molecule has 0 aliphatic heterocycles. The van der Waals surface area contributed by atoms with Crippen molar-refractivity contribution in [2.75, 3.05) is 11.9 Å². The molecule has 0 spiro atoms. The van der Waals surface area contributed by atoms with Crippen molar-refractivity contribution in [1.29, 1.82) is 0 Å². The second-order valence-corrected chi connectivity index (χ2v) is 4.92. The van der Waals surface area contributed by atoms with E-state index >= 15 is 0 Å². The topological polar surface area (TPSA) is 67.0 Å². The quantitative estimate of drug-likeness (QED) is 0.755. The third-order valence-electron chi connectivity index (χ3n) is 3.28. The average Bonchev–Trinajstić information content (AvgIpc) is 2.98. The Morgan fingerprint density at radius 2 is 1.95 bits per heavy atom. The fraction of sp³-hybridized carbons (Fsp3) is 0.176. The van der Waals surface area contributed by atoms with Crippen molar-refractivity contribution in [3.8, 4) is 5.75 Å². The highest BCUT2D eigenvalue weighted by Gasteiger charge is 2.15. The minimum absolute atomic E-state index is 0.259. The van der Waals surface area contributed by atoms with Crippen LogP contribution in [0.1, 0.15) is 23.8 Å². The minimum Gasteiger partial charge on any atom is -0.491 e. The first-order valence-corrected chi connectivity index (χ1v) is 7.26. The maximum absolute atomic E-state index is 12.5. The van der Waals surface area contributed by atoms with Gasteiger partial charge in [-0.05, 0) is 24.6 Å². The maximum Gasteiger partial charge on any atom is 0.276 e. The fourth-order valence-corrected chi connectivity index (χ4v) is 2.23. The summed E-state index contributed by atoms with van der Waals surface area (Å²) in [6.07, 6.45) is 0.909. The van der Waals surface area contributed by atoms with Gasteiger partial charge in [-0.2, -0.15) is 5.10 Å². The Kier molecular flexibility index (Phi) is 4.05. The van der Waals surface area contributed by atoms with E-state index in [9.17, 15) is 4.79 Å². The van der Waals surface area contributed by atoms with Gasteiger partial charge in [-0.25, -0.2) is 0 Å². The molecule has 0 unspecified atom stereocenters. The molecule has 0 fully saturated rings. The summed E-state index contributed by atoms with van der Waals surface area (Å²) in [6, 6.07) is 14.9. The van der Waals surface area contributed by atoms with Crippen LogP contribution in [0.4, 0.5) is 5.69 Å². The number of fused-ring (bicyclic) bond motifs is 1. The number of para-hydroxylation sites is 3. The van der Waals surface area contributed by atoms with Gasteiger partial charge >= 0.3 is 0 Å². The van der Waals surface area contributed by atoms with E-state index in [1.165, 1.54) is 0 Å². The van der Waals surface area contributed by atoms with E-state index in [0.29, 0.717) is 23.7 Å². The SMILES string of the molecule is CCCOc1ccccc1NC(=O)c1n[nH]c2ccccc12. The first-order valence-electron chi connectivity index (χ1n) is 7.26. The number of carbonyl (C=O) groups excluding carboxylic acids is 1. The molecule has 2 N–H and O–H groups in total. The Bertz CT molecular complexity index is 795. The predicted octanol–water partition coefficient (Wildman–Crippen LogP) is 3.60. The lowest BCUT2D eigenvalue weighted by atomic mass is 10.2. The number of amides is 1. The lowest BCUT2D eigenvalue weighted by Gasteiger charge is -2.11. The molecule has 0 bridgehead atoms. The van der Waals surface area contributed by atoms with Crippen LogP contribution in [0.25, 0.3) is 10.9 Å². The molecular weight excluding hydrogens is 278 g/mol. The number of aromatic nitrogens is 2. The van der Waals surface area contributed by atoms with Crippen LogP contribution in [0.2, 0.25) is 0 Å². The van der Waals surface area contributed by atoms with Gasteiger partial charge in [0.15, 0.2) is 5.69 Å². The van der Waals surface area contributed by atoms with Gasteiger partial charge < -0.3 is 10.1 Å². The molecule has 3 aromatic rings. The molecule has 0 aliphatic rings. The molecule has 0 aliphatic carbocycles. The van der Waals surface area contributed by atoms with Crippen LogP contribution < -0.4 is 10.1 Å². The zero-order chi connectivity index (χ0) is 15.4. The van der Waals surface area contributed by atoms with Crippen LogP contribution >= 0.6 is 0 Å². The minimum atomic E-state index is -0.259. The number of nitrogens with one attached hydrogen (secondary N) is 2. The Morgan fingerprint density at radius 3 is 2.82 bits per heavy atom. The van der Waals surface area contributed by atoms with Crippen LogP contribution in [-0.4, -0.2) is 22.7 Å². The summed E-state index contributed by atoms with van der Waals surface area (Å²) in [7, 11) is 0. The molecular formula is C17H17N3O2. The van der Waals surface area contributed by atoms with Crippen molar-refractivity contribution in [1.82, 2.24) is 10.2 Å². The third kappa shape index (κ3) is 2.79. The van der Waals surface area contributed by atoms with Crippen LogP contribution in [0, 0.1) is 0 Å². The van der Waals surface area contributed by atoms with Crippen molar-refractivity contribution in [3.05, 3.63) is 54.2 Å². The molecule has 0 saturated heterocycles. The zero-order valence-corrected chi connectivity index (χ0v) is 12.3. The van der Waals surface area contributed by atoms with Gasteiger partial charge in [0, 0.05) is 5.39 Å². The maximum atomic E-state index is 12.5. The molecule has 0 saturated carbocycles. The van der Waals surface area contributed by atoms with E-state index in [1.54, 1.807) is 0 Å². The Morgan fingerprint density at radius 1 is 1.18 bits per heavy atom. The molecule has 5 nitrogen and oxygen atoms in total. The fourth-order valence-electron chi connectivity index (χ4n) is 2.23. The average molecular weight is 295 g/mol. The summed E-state index contributed by atoms with van der Waals surface area (Å²) in [5.41, 5.74) is 1.86. The third-order valence-corrected chi connectivity index (χ3v) is 3.28. The van der Waals surface area contributed by atoms with Gasteiger partial charge in [0.25, 0.3) is 5.91 Å². The lowest BCUT2D eigenvalue weighted by Crippen LogP contribution is -2.14. The summed E-state index contributed by atoms with van der Waals surface area (Å²) in [5, 5.41) is 10.6. The van der Waals surface area contributed by atoms with E-state index in [-0.39, 0.29) is 5.91 Å². The molecule has 1 amide bonds. The Hall–Kier alpha value is -2.82. The van der Waals surface area contributed by atoms with E-state index in [0.717, 1.165) is 17.3 Å². The molecule has 0 radical (unpaired) electrons. The molecule has 1 heterocycles. The van der Waals surface area contributed by atoms with Gasteiger partial charge in [0.2, 0.25) is 0 Å². The molecule has 5 heteroatoms. The number of aromatic amines is 1. The normalized spacial score (nSPS) is 10.6. The molecule has 1 aromatic heterocycles. The highest BCUT2D eigenvalue weighted by Crippen LogP contribution is 2.25. The van der Waals surface area contributed by atoms with Crippen molar-refractivity contribution >= 4 is 22.5 Å². The van der Waals surface area contributed by atoms with Crippen molar-refractivity contribution < 1.29 is 9.53 Å². The van der Waals surface area contributed by atoms with Crippen molar-refractivity contribution in [2.45, 2.75) is 13.3 Å². The number of carbonyl (C=O) groups is 1. The largest absolute Gasteiger partial charge is 0.491 e. The first kappa shape index (κ1) is 14.1. The van der Waals surface area contributed by atoms with Crippen molar-refractivity contribution in [3.63, 3.8) is 0 Å². The first-order chi connectivity index (χ1) is 10.8. The van der Waals surface area contributed by atoms with E-state index in [1.807, 2.05) is 55.5 Å². The Balaban J connectivity index is 1.85. The zero-order valence-electron chi connectivity index (χ0n) is 12.3. The van der Waals surface area contributed by atoms with Crippen molar-refractivity contribution in [2.24, 2.45) is 0 Å². The van der Waals surface area contributed by atoms with Gasteiger partial charge in [-0.3, -0.25) is 9.89 Å². The number of benzene rings is 2. The summed E-state index contributed by atoms with van der Waals surface area (Å²) in [4.78, 5) is 12.5.